The van der Waals surface area contributed by atoms with Crippen LogP contribution in [0.4, 0.5) is 10.1 Å². The molecule has 0 heterocycles. The normalized spacial score (nSPS) is 10.1. The fourth-order valence-electron chi connectivity index (χ4n) is 2.10. The number of nitrogens with one attached hydrogen (secondary N) is 1. The van der Waals surface area contributed by atoms with Crippen molar-refractivity contribution in [3.8, 4) is 0 Å². The molecule has 1 N–H and O–H groups in total. The molecule has 124 valence electrons. The summed E-state index contributed by atoms with van der Waals surface area (Å²) in [5.41, 5.74) is 0.904. The molecule has 0 saturated carbocycles. The highest BCUT2D eigenvalue weighted by Gasteiger charge is 2.14. The lowest BCUT2D eigenvalue weighted by Crippen LogP contribution is -2.16. The number of esters is 1. The third kappa shape index (κ3) is 4.49. The Kier molecular flexibility index (Phi) is 5.78. The summed E-state index contributed by atoms with van der Waals surface area (Å²) in [4.78, 5) is 35.6. The molecule has 0 atom stereocenters. The number of ether oxygens (including phenoxy) is 1. The van der Waals surface area contributed by atoms with E-state index >= 15 is 0 Å². The smallest absolute Gasteiger partial charge is 0.339 e. The number of rotatable bonds is 6. The SMILES string of the molecule is COC(=O)c1ccccc1NC(=O)CCC(=O)c1ccc(F)cc1. The van der Waals surface area contributed by atoms with E-state index in [1.165, 1.54) is 37.4 Å². The summed E-state index contributed by atoms with van der Waals surface area (Å²) in [6.07, 6.45) is -0.0659. The van der Waals surface area contributed by atoms with Gasteiger partial charge in [0.05, 0.1) is 18.4 Å². The Bertz CT molecular complexity index is 756. The molecule has 0 aliphatic rings. The van der Waals surface area contributed by atoms with Gasteiger partial charge in [-0.3, -0.25) is 9.59 Å². The molecule has 2 aromatic carbocycles. The Labute approximate surface area is 138 Å². The van der Waals surface area contributed by atoms with E-state index in [0.29, 0.717) is 11.3 Å². The van der Waals surface area contributed by atoms with Gasteiger partial charge in [-0.1, -0.05) is 12.1 Å². The molecule has 0 aromatic heterocycles. The Hall–Kier alpha value is -3.02. The molecule has 0 fully saturated rings. The number of hydrogen-bond donors (Lipinski definition) is 1. The van der Waals surface area contributed by atoms with Crippen LogP contribution in [0.1, 0.15) is 33.6 Å². The van der Waals surface area contributed by atoms with E-state index in [1.807, 2.05) is 0 Å². The molecule has 0 spiro atoms. The van der Waals surface area contributed by atoms with Gasteiger partial charge < -0.3 is 10.1 Å². The zero-order valence-corrected chi connectivity index (χ0v) is 13.0. The Morgan fingerprint density at radius 1 is 1.00 bits per heavy atom. The number of carbonyl (C=O) groups excluding carboxylic acids is 3. The van der Waals surface area contributed by atoms with Gasteiger partial charge in [-0.05, 0) is 36.4 Å². The summed E-state index contributed by atoms with van der Waals surface area (Å²) in [5, 5.41) is 2.59. The van der Waals surface area contributed by atoms with Crippen LogP contribution in [0.2, 0.25) is 0 Å². The van der Waals surface area contributed by atoms with Gasteiger partial charge in [0.15, 0.2) is 5.78 Å². The summed E-state index contributed by atoms with van der Waals surface area (Å²) in [6.45, 7) is 0. The van der Waals surface area contributed by atoms with Crippen molar-refractivity contribution in [2.24, 2.45) is 0 Å². The maximum absolute atomic E-state index is 12.8. The quantitative estimate of drug-likeness (QED) is 0.652. The molecule has 2 rings (SSSR count). The summed E-state index contributed by atoms with van der Waals surface area (Å²) >= 11 is 0. The molecule has 5 nitrogen and oxygen atoms in total. The maximum Gasteiger partial charge on any atom is 0.339 e. The monoisotopic (exact) mass is 329 g/mol. The number of methoxy groups -OCH3 is 1. The average Bonchev–Trinajstić information content (AvgIpc) is 2.60. The van der Waals surface area contributed by atoms with E-state index in [2.05, 4.69) is 10.1 Å². The molecule has 0 aliphatic carbocycles. The molecule has 2 aromatic rings. The highest BCUT2D eigenvalue weighted by Crippen LogP contribution is 2.17. The number of amides is 1. The fourth-order valence-corrected chi connectivity index (χ4v) is 2.10. The van der Waals surface area contributed by atoms with Crippen molar-refractivity contribution in [2.75, 3.05) is 12.4 Å². The Morgan fingerprint density at radius 3 is 2.33 bits per heavy atom. The van der Waals surface area contributed by atoms with Gasteiger partial charge in [0, 0.05) is 18.4 Å². The number of halogens is 1. The van der Waals surface area contributed by atoms with Gasteiger partial charge >= 0.3 is 5.97 Å². The molecule has 0 bridgehead atoms. The second kappa shape index (κ2) is 8.01. The standard InChI is InChI=1S/C18H16FNO4/c1-24-18(23)14-4-2-3-5-15(14)20-17(22)11-10-16(21)12-6-8-13(19)9-7-12/h2-9H,10-11H2,1H3,(H,20,22). The topological polar surface area (TPSA) is 72.5 Å². The van der Waals surface area contributed by atoms with Crippen LogP contribution < -0.4 is 5.32 Å². The summed E-state index contributed by atoms with van der Waals surface area (Å²) in [6, 6.07) is 11.6. The van der Waals surface area contributed by atoms with Crippen molar-refractivity contribution in [3.63, 3.8) is 0 Å². The van der Waals surface area contributed by atoms with Crippen LogP contribution in [0, 0.1) is 5.82 Å². The van der Waals surface area contributed by atoms with Crippen LogP contribution in [0.15, 0.2) is 48.5 Å². The third-order valence-corrected chi connectivity index (χ3v) is 3.35. The molecule has 0 radical (unpaired) electrons. The second-order valence-corrected chi connectivity index (χ2v) is 5.02. The Morgan fingerprint density at radius 2 is 1.67 bits per heavy atom. The van der Waals surface area contributed by atoms with E-state index in [0.717, 1.165) is 0 Å². The molecule has 24 heavy (non-hydrogen) atoms. The average molecular weight is 329 g/mol. The van der Waals surface area contributed by atoms with Gasteiger partial charge in [-0.15, -0.1) is 0 Å². The van der Waals surface area contributed by atoms with E-state index < -0.39 is 17.7 Å². The number of hydrogen-bond acceptors (Lipinski definition) is 4. The maximum atomic E-state index is 12.8. The largest absolute Gasteiger partial charge is 0.465 e. The third-order valence-electron chi connectivity index (χ3n) is 3.35. The zero-order valence-electron chi connectivity index (χ0n) is 13.0. The predicted molar refractivity (Wildman–Crippen MR) is 86.4 cm³/mol. The van der Waals surface area contributed by atoms with Crippen LogP contribution in [-0.4, -0.2) is 24.8 Å². The molecule has 0 saturated heterocycles. The molecule has 0 aliphatic heterocycles. The minimum atomic E-state index is -0.562. The van der Waals surface area contributed by atoms with Gasteiger partial charge in [-0.25, -0.2) is 9.18 Å². The van der Waals surface area contributed by atoms with E-state index in [9.17, 15) is 18.8 Å². The highest BCUT2D eigenvalue weighted by atomic mass is 19.1. The van der Waals surface area contributed by atoms with Gasteiger partial charge in [0.1, 0.15) is 5.82 Å². The lowest BCUT2D eigenvalue weighted by Gasteiger charge is -2.09. The first-order valence-corrected chi connectivity index (χ1v) is 7.27. The zero-order chi connectivity index (χ0) is 17.5. The molecule has 1 amide bonds. The van der Waals surface area contributed by atoms with Crippen molar-refractivity contribution >= 4 is 23.3 Å². The predicted octanol–water partition coefficient (Wildman–Crippen LogP) is 3.21. The number of Topliss-reactive ketones (excluding diaryl/α,β-unsaturated/α-hetero) is 1. The fraction of sp³-hybridized carbons (Fsp3) is 0.167. The van der Waals surface area contributed by atoms with E-state index in [1.54, 1.807) is 18.2 Å². The number of carbonyl (C=O) groups is 3. The molecular formula is C18H16FNO4. The van der Waals surface area contributed by atoms with Crippen molar-refractivity contribution < 1.29 is 23.5 Å². The van der Waals surface area contributed by atoms with Gasteiger partial charge in [-0.2, -0.15) is 0 Å². The van der Waals surface area contributed by atoms with Crippen molar-refractivity contribution in [2.45, 2.75) is 12.8 Å². The molecular weight excluding hydrogens is 313 g/mol. The number of para-hydroxylation sites is 1. The number of ketones is 1. The van der Waals surface area contributed by atoms with E-state index in [4.69, 9.17) is 0 Å². The van der Waals surface area contributed by atoms with Crippen molar-refractivity contribution in [1.29, 1.82) is 0 Å². The molecule has 6 heteroatoms. The summed E-state index contributed by atoms with van der Waals surface area (Å²) < 4.78 is 17.5. The minimum absolute atomic E-state index is 0.0160. The van der Waals surface area contributed by atoms with Crippen LogP contribution >= 0.6 is 0 Å². The summed E-state index contributed by atoms with van der Waals surface area (Å²) in [7, 11) is 1.25. The first kappa shape index (κ1) is 17.3. The van der Waals surface area contributed by atoms with Crippen LogP contribution in [0.3, 0.4) is 0 Å². The van der Waals surface area contributed by atoms with Gasteiger partial charge in [0.2, 0.25) is 5.91 Å². The van der Waals surface area contributed by atoms with Crippen LogP contribution in [-0.2, 0) is 9.53 Å². The van der Waals surface area contributed by atoms with Crippen LogP contribution in [0.5, 0.6) is 0 Å². The minimum Gasteiger partial charge on any atom is -0.465 e. The number of benzene rings is 2. The van der Waals surface area contributed by atoms with Crippen LogP contribution in [0.25, 0.3) is 0 Å². The lowest BCUT2D eigenvalue weighted by atomic mass is 10.1. The first-order chi connectivity index (χ1) is 11.5. The molecule has 0 unspecified atom stereocenters. The number of anilines is 1. The van der Waals surface area contributed by atoms with Crippen molar-refractivity contribution in [1.82, 2.24) is 0 Å². The lowest BCUT2D eigenvalue weighted by molar-refractivity contribution is -0.116. The first-order valence-electron chi connectivity index (χ1n) is 7.27. The highest BCUT2D eigenvalue weighted by molar-refractivity contribution is 6.03. The van der Waals surface area contributed by atoms with Crippen molar-refractivity contribution in [3.05, 3.63) is 65.5 Å². The Balaban J connectivity index is 1.95. The second-order valence-electron chi connectivity index (χ2n) is 5.02. The van der Waals surface area contributed by atoms with E-state index in [-0.39, 0.29) is 24.2 Å². The van der Waals surface area contributed by atoms with Gasteiger partial charge in [0.25, 0.3) is 0 Å². The summed E-state index contributed by atoms with van der Waals surface area (Å²) in [5.74, 6) is -1.65.